The Morgan fingerprint density at radius 2 is 1.78 bits per heavy atom. The second-order valence-electron chi connectivity index (χ2n) is 6.44. The van der Waals surface area contributed by atoms with Crippen molar-refractivity contribution < 1.29 is 8.42 Å². The summed E-state index contributed by atoms with van der Waals surface area (Å²) in [5.41, 5.74) is 6.12. The number of piperidine rings is 2. The summed E-state index contributed by atoms with van der Waals surface area (Å²) < 4.78 is 23.1. The third kappa shape index (κ3) is 2.58. The Kier molecular flexibility index (Phi) is 3.41. The second kappa shape index (κ2) is 4.76. The highest BCUT2D eigenvalue weighted by atomic mass is 32.2. The van der Waals surface area contributed by atoms with E-state index in [2.05, 4.69) is 4.90 Å². The van der Waals surface area contributed by atoms with Crippen LogP contribution in [0.3, 0.4) is 0 Å². The highest BCUT2D eigenvalue weighted by molar-refractivity contribution is 7.91. The van der Waals surface area contributed by atoms with Gasteiger partial charge in [-0.3, -0.25) is 4.90 Å². The lowest BCUT2D eigenvalue weighted by atomic mass is 9.81. The Hall–Kier alpha value is -0.130. The number of nitrogens with two attached hydrogens (primary N) is 1. The Balaban J connectivity index is 1.65. The fourth-order valence-corrected chi connectivity index (χ4v) is 5.98. The molecule has 2 N–H and O–H groups in total. The molecule has 0 spiro atoms. The SMILES string of the molecule is NC1CC2CCCC(C1)N2CC1CCS(=O)(=O)C1. The van der Waals surface area contributed by atoms with Gasteiger partial charge < -0.3 is 5.73 Å². The highest BCUT2D eigenvalue weighted by Crippen LogP contribution is 2.35. The summed E-state index contributed by atoms with van der Waals surface area (Å²) in [5, 5.41) is 0. The minimum absolute atomic E-state index is 0.365. The van der Waals surface area contributed by atoms with Crippen LogP contribution in [-0.4, -0.2) is 49.5 Å². The van der Waals surface area contributed by atoms with E-state index in [0.29, 0.717) is 35.5 Å². The molecule has 3 atom stereocenters. The highest BCUT2D eigenvalue weighted by Gasteiger charge is 2.39. The van der Waals surface area contributed by atoms with Crippen LogP contribution >= 0.6 is 0 Å². The van der Waals surface area contributed by atoms with Gasteiger partial charge in [-0.25, -0.2) is 8.42 Å². The molecule has 104 valence electrons. The summed E-state index contributed by atoms with van der Waals surface area (Å²) in [6.07, 6.45) is 6.91. The van der Waals surface area contributed by atoms with E-state index in [4.69, 9.17) is 5.73 Å². The second-order valence-corrected chi connectivity index (χ2v) is 8.66. The largest absolute Gasteiger partial charge is 0.328 e. The fourth-order valence-electron chi connectivity index (χ4n) is 4.13. The fraction of sp³-hybridized carbons (Fsp3) is 1.00. The lowest BCUT2D eigenvalue weighted by Gasteiger charge is -2.49. The number of nitrogens with zero attached hydrogens (tertiary/aromatic N) is 1. The van der Waals surface area contributed by atoms with Crippen molar-refractivity contribution >= 4 is 9.84 Å². The van der Waals surface area contributed by atoms with Gasteiger partial charge in [0.05, 0.1) is 11.5 Å². The molecule has 0 aromatic carbocycles. The molecular weight excluding hydrogens is 248 g/mol. The van der Waals surface area contributed by atoms with Crippen molar-refractivity contribution in [2.75, 3.05) is 18.1 Å². The van der Waals surface area contributed by atoms with Crippen LogP contribution in [0.2, 0.25) is 0 Å². The lowest BCUT2D eigenvalue weighted by molar-refractivity contribution is 0.0212. The molecule has 0 aliphatic carbocycles. The molecule has 3 rings (SSSR count). The first-order valence-electron chi connectivity index (χ1n) is 7.25. The quantitative estimate of drug-likeness (QED) is 0.806. The first-order chi connectivity index (χ1) is 8.53. The summed E-state index contributed by atoms with van der Waals surface area (Å²) in [4.78, 5) is 2.60. The maximum Gasteiger partial charge on any atom is 0.150 e. The van der Waals surface area contributed by atoms with E-state index < -0.39 is 9.84 Å². The molecule has 18 heavy (non-hydrogen) atoms. The van der Waals surface area contributed by atoms with Gasteiger partial charge in [0, 0.05) is 24.7 Å². The minimum atomic E-state index is -2.73. The van der Waals surface area contributed by atoms with E-state index >= 15 is 0 Å². The molecule has 0 aromatic rings. The van der Waals surface area contributed by atoms with Crippen LogP contribution in [-0.2, 0) is 9.84 Å². The third-order valence-electron chi connectivity index (χ3n) is 4.96. The van der Waals surface area contributed by atoms with Crippen LogP contribution in [0.1, 0.15) is 38.5 Å². The van der Waals surface area contributed by atoms with Crippen molar-refractivity contribution in [3.63, 3.8) is 0 Å². The zero-order valence-electron chi connectivity index (χ0n) is 10.9. The zero-order chi connectivity index (χ0) is 12.8. The molecular formula is C13H24N2O2S. The number of fused-ring (bicyclic) bond motifs is 2. The normalized spacial score (nSPS) is 44.1. The topological polar surface area (TPSA) is 63.4 Å². The van der Waals surface area contributed by atoms with Gasteiger partial charge in [0.2, 0.25) is 0 Å². The Morgan fingerprint density at radius 3 is 2.33 bits per heavy atom. The summed E-state index contributed by atoms with van der Waals surface area (Å²) in [6, 6.07) is 1.61. The van der Waals surface area contributed by atoms with Crippen molar-refractivity contribution in [1.29, 1.82) is 0 Å². The van der Waals surface area contributed by atoms with Crippen molar-refractivity contribution in [1.82, 2.24) is 4.90 Å². The molecule has 0 saturated carbocycles. The van der Waals surface area contributed by atoms with Gasteiger partial charge in [-0.05, 0) is 38.0 Å². The van der Waals surface area contributed by atoms with Gasteiger partial charge in [0.25, 0.3) is 0 Å². The molecule has 3 saturated heterocycles. The average Bonchev–Trinajstić information content (AvgIpc) is 2.59. The maximum absolute atomic E-state index is 11.5. The molecule has 2 bridgehead atoms. The molecule has 0 aromatic heterocycles. The van der Waals surface area contributed by atoms with E-state index in [9.17, 15) is 8.42 Å². The predicted octanol–water partition coefficient (Wildman–Crippen LogP) is 0.765. The summed E-state index contributed by atoms with van der Waals surface area (Å²) >= 11 is 0. The molecule has 5 heteroatoms. The predicted molar refractivity (Wildman–Crippen MR) is 72.1 cm³/mol. The van der Waals surface area contributed by atoms with Gasteiger partial charge in [0.15, 0.2) is 9.84 Å². The van der Waals surface area contributed by atoms with E-state index in [-0.39, 0.29) is 0 Å². The average molecular weight is 272 g/mol. The van der Waals surface area contributed by atoms with Crippen molar-refractivity contribution in [3.8, 4) is 0 Å². The maximum atomic E-state index is 11.5. The Bertz CT molecular complexity index is 395. The molecule has 4 nitrogen and oxygen atoms in total. The summed E-state index contributed by atoms with van der Waals surface area (Å²) in [7, 11) is -2.73. The molecule has 3 unspecified atom stereocenters. The van der Waals surface area contributed by atoms with Crippen LogP contribution in [0.5, 0.6) is 0 Å². The van der Waals surface area contributed by atoms with Gasteiger partial charge in [-0.15, -0.1) is 0 Å². The standard InChI is InChI=1S/C13H24N2O2S/c14-11-6-12-2-1-3-13(7-11)15(12)8-10-4-5-18(16,17)9-10/h10-13H,1-9,14H2. The van der Waals surface area contributed by atoms with E-state index in [1.165, 1.54) is 19.3 Å². The van der Waals surface area contributed by atoms with Gasteiger partial charge in [0.1, 0.15) is 0 Å². The Labute approximate surface area is 110 Å². The molecule has 3 fully saturated rings. The monoisotopic (exact) mass is 272 g/mol. The number of hydrogen-bond acceptors (Lipinski definition) is 4. The van der Waals surface area contributed by atoms with Crippen molar-refractivity contribution in [2.24, 2.45) is 11.7 Å². The van der Waals surface area contributed by atoms with E-state index in [0.717, 1.165) is 25.8 Å². The molecule has 3 aliphatic rings. The smallest absolute Gasteiger partial charge is 0.150 e. The third-order valence-corrected chi connectivity index (χ3v) is 6.80. The first-order valence-corrected chi connectivity index (χ1v) is 9.07. The zero-order valence-corrected chi connectivity index (χ0v) is 11.7. The van der Waals surface area contributed by atoms with Gasteiger partial charge >= 0.3 is 0 Å². The molecule has 3 aliphatic heterocycles. The lowest BCUT2D eigenvalue weighted by Crippen LogP contribution is -2.56. The van der Waals surface area contributed by atoms with E-state index in [1.807, 2.05) is 0 Å². The van der Waals surface area contributed by atoms with Crippen molar-refractivity contribution in [3.05, 3.63) is 0 Å². The summed E-state index contributed by atoms with van der Waals surface area (Å²) in [5.74, 6) is 1.18. The number of sulfone groups is 1. The van der Waals surface area contributed by atoms with Crippen LogP contribution in [0.25, 0.3) is 0 Å². The molecule has 0 radical (unpaired) electrons. The van der Waals surface area contributed by atoms with Gasteiger partial charge in [-0.1, -0.05) is 6.42 Å². The Morgan fingerprint density at radius 1 is 1.11 bits per heavy atom. The number of hydrogen-bond donors (Lipinski definition) is 1. The summed E-state index contributed by atoms with van der Waals surface area (Å²) in [6.45, 7) is 0.987. The minimum Gasteiger partial charge on any atom is -0.328 e. The molecule has 3 heterocycles. The first kappa shape index (κ1) is 12.9. The van der Waals surface area contributed by atoms with Crippen LogP contribution in [0.15, 0.2) is 0 Å². The van der Waals surface area contributed by atoms with Gasteiger partial charge in [-0.2, -0.15) is 0 Å². The van der Waals surface area contributed by atoms with Crippen molar-refractivity contribution in [2.45, 2.75) is 56.7 Å². The van der Waals surface area contributed by atoms with Crippen LogP contribution < -0.4 is 5.73 Å². The number of rotatable bonds is 2. The van der Waals surface area contributed by atoms with Crippen LogP contribution in [0.4, 0.5) is 0 Å². The van der Waals surface area contributed by atoms with E-state index in [1.54, 1.807) is 0 Å². The molecule has 0 amide bonds. The van der Waals surface area contributed by atoms with Crippen LogP contribution in [0, 0.1) is 5.92 Å².